The Morgan fingerprint density at radius 3 is 2.00 bits per heavy atom. The highest BCUT2D eigenvalue weighted by Crippen LogP contribution is 2.44. The van der Waals surface area contributed by atoms with Gasteiger partial charge in [0.15, 0.2) is 0 Å². The highest BCUT2D eigenvalue weighted by molar-refractivity contribution is 5.98. The number of nitrogens with zero attached hydrogens (tertiary/aromatic N) is 4. The van der Waals surface area contributed by atoms with Crippen molar-refractivity contribution in [2.24, 2.45) is 11.8 Å². The Bertz CT molecular complexity index is 2530. The maximum Gasteiger partial charge on any atom is 0.407 e. The summed E-state index contributed by atoms with van der Waals surface area (Å²) in [5, 5.41) is 7.56. The summed E-state index contributed by atoms with van der Waals surface area (Å²) in [6.07, 6.45) is 6.98. The first-order valence-corrected chi connectivity index (χ1v) is 21.9. The molecule has 0 bridgehead atoms. The van der Waals surface area contributed by atoms with Gasteiger partial charge >= 0.3 is 12.2 Å². The van der Waals surface area contributed by atoms with Crippen LogP contribution in [0.3, 0.4) is 0 Å². The highest BCUT2D eigenvalue weighted by atomic mass is 16.5. The van der Waals surface area contributed by atoms with Crippen molar-refractivity contribution in [3.05, 3.63) is 78.1 Å². The fourth-order valence-corrected chi connectivity index (χ4v) is 9.74. The molecule has 16 heteroatoms. The molecule has 0 radical (unpaired) electrons. The molecule has 4 N–H and O–H groups in total. The van der Waals surface area contributed by atoms with Crippen molar-refractivity contribution in [2.45, 2.75) is 83.1 Å². The summed E-state index contributed by atoms with van der Waals surface area (Å²) in [6.45, 7) is 6.48. The Balaban J connectivity index is 0.906. The number of nitrogens with one attached hydrogen (secondary N) is 4. The van der Waals surface area contributed by atoms with Crippen LogP contribution >= 0.6 is 0 Å². The average Bonchev–Trinajstić information content (AvgIpc) is 4.16. The number of imidazole rings is 2. The SMILES string of the molecule is COC(=O)NC(C(=O)N1CCC[C@H]1c1ncc(-c2ccc3c4c(ccc3c2)-c2ccc(-c3cnc([C@@H]5CCCN5C(=O)C(NC(=O)OC)C5CCOCC5)[nH]3)cc2CO4)[nH]1)C(C)C. The lowest BCUT2D eigenvalue weighted by atomic mass is 9.90. The Hall–Kier alpha value is -6.42. The fraction of sp³-hybridized carbons (Fsp3) is 0.447. The van der Waals surface area contributed by atoms with Gasteiger partial charge in [-0.3, -0.25) is 9.59 Å². The largest absolute Gasteiger partial charge is 0.488 e. The lowest BCUT2D eigenvalue weighted by molar-refractivity contribution is -0.137. The van der Waals surface area contributed by atoms with Gasteiger partial charge in [0.05, 0.1) is 50.1 Å². The second-order valence-electron chi connectivity index (χ2n) is 17.2. The molecule has 9 rings (SSSR count). The van der Waals surface area contributed by atoms with E-state index in [4.69, 9.17) is 28.9 Å². The van der Waals surface area contributed by atoms with Gasteiger partial charge in [0.1, 0.15) is 36.1 Å². The summed E-state index contributed by atoms with van der Waals surface area (Å²) < 4.78 is 21.7. The van der Waals surface area contributed by atoms with Crippen molar-refractivity contribution < 1.29 is 38.1 Å². The van der Waals surface area contributed by atoms with E-state index >= 15 is 0 Å². The lowest BCUT2D eigenvalue weighted by Gasteiger charge is -2.34. The number of carbonyl (C=O) groups is 4. The number of likely N-dealkylation sites (tertiary alicyclic amines) is 2. The maximum absolute atomic E-state index is 14.1. The van der Waals surface area contributed by atoms with Crippen molar-refractivity contribution in [1.29, 1.82) is 0 Å². The summed E-state index contributed by atoms with van der Waals surface area (Å²) in [5.74, 6) is 1.85. The van der Waals surface area contributed by atoms with E-state index in [-0.39, 0.29) is 35.7 Å². The molecule has 2 aromatic heterocycles. The standard InChI is InChI=1S/C47H54N8O8/c1-26(2)39(52-46(58)60-3)44(56)54-17-5-7-37(54)42-48-23-35(50-42)29-11-13-33-28(21-29)9-14-34-32-12-10-30(22-31(32)25-63-41(33)34)36-24-49-43(51-36)38-8-6-18-55(38)45(57)40(53-47(59)61-4)27-15-19-62-20-16-27/h9-14,21-24,26-27,37-40H,5-8,15-20,25H2,1-4H3,(H,48,50)(H,49,51)(H,52,58)(H,53,59)/t37-,38-,39?,40?/m0/s1. The number of carbonyl (C=O) groups excluding carboxylic acids is 4. The van der Waals surface area contributed by atoms with Gasteiger partial charge < -0.3 is 49.3 Å². The van der Waals surface area contributed by atoms with Crippen molar-refractivity contribution in [2.75, 3.05) is 40.5 Å². The van der Waals surface area contributed by atoms with Crippen molar-refractivity contribution in [3.8, 4) is 39.4 Å². The minimum atomic E-state index is -0.700. The van der Waals surface area contributed by atoms with Gasteiger partial charge in [-0.25, -0.2) is 19.6 Å². The van der Waals surface area contributed by atoms with Gasteiger partial charge in [0.25, 0.3) is 0 Å². The third kappa shape index (κ3) is 8.19. The Morgan fingerprint density at radius 1 is 0.746 bits per heavy atom. The van der Waals surface area contributed by atoms with Crippen LogP contribution in [-0.4, -0.2) is 106 Å². The van der Waals surface area contributed by atoms with Crippen LogP contribution in [-0.2, 0) is 30.4 Å². The van der Waals surface area contributed by atoms with Crippen LogP contribution in [0.4, 0.5) is 9.59 Å². The second-order valence-corrected chi connectivity index (χ2v) is 17.2. The molecule has 3 fully saturated rings. The summed E-state index contributed by atoms with van der Waals surface area (Å²) in [7, 11) is 2.60. The van der Waals surface area contributed by atoms with Gasteiger partial charge in [0.2, 0.25) is 11.8 Å². The molecule has 3 saturated heterocycles. The predicted octanol–water partition coefficient (Wildman–Crippen LogP) is 7.04. The molecule has 0 saturated carbocycles. The Kier molecular flexibility index (Phi) is 11.8. The molecule has 4 atom stereocenters. The van der Waals surface area contributed by atoms with Crippen LogP contribution in [0.2, 0.25) is 0 Å². The number of benzene rings is 3. The normalized spacial score (nSPS) is 19.6. The monoisotopic (exact) mass is 858 g/mol. The number of aromatic nitrogens is 4. The molecule has 4 aliphatic heterocycles. The van der Waals surface area contributed by atoms with E-state index in [2.05, 4.69) is 69.1 Å². The van der Waals surface area contributed by atoms with Gasteiger partial charge in [-0.05, 0) is 90.6 Å². The van der Waals surface area contributed by atoms with E-state index in [0.717, 1.165) is 87.2 Å². The summed E-state index contributed by atoms with van der Waals surface area (Å²) in [6, 6.07) is 15.0. The third-order valence-corrected chi connectivity index (χ3v) is 13.1. The van der Waals surface area contributed by atoms with Crippen LogP contribution in [0.5, 0.6) is 5.75 Å². The summed E-state index contributed by atoms with van der Waals surface area (Å²) in [4.78, 5) is 72.2. The minimum Gasteiger partial charge on any atom is -0.488 e. The molecule has 5 aromatic rings. The zero-order valence-corrected chi connectivity index (χ0v) is 36.1. The van der Waals surface area contributed by atoms with E-state index in [1.54, 1.807) is 0 Å². The van der Waals surface area contributed by atoms with Crippen LogP contribution in [0, 0.1) is 11.8 Å². The third-order valence-electron chi connectivity index (χ3n) is 13.1. The molecule has 63 heavy (non-hydrogen) atoms. The van der Waals surface area contributed by atoms with Crippen LogP contribution in [0.25, 0.3) is 44.4 Å². The molecule has 6 heterocycles. The second kappa shape index (κ2) is 17.8. The van der Waals surface area contributed by atoms with Gasteiger partial charge in [-0.1, -0.05) is 44.2 Å². The number of fused-ring (bicyclic) bond motifs is 5. The smallest absolute Gasteiger partial charge is 0.407 e. The quantitative estimate of drug-likeness (QED) is 0.113. The zero-order valence-electron chi connectivity index (χ0n) is 36.1. The summed E-state index contributed by atoms with van der Waals surface area (Å²) in [5.41, 5.74) is 6.81. The average molecular weight is 859 g/mol. The van der Waals surface area contributed by atoms with Crippen LogP contribution in [0.15, 0.2) is 60.9 Å². The number of rotatable bonds is 10. The number of ether oxygens (including phenoxy) is 4. The molecular formula is C47H54N8O8. The van der Waals surface area contributed by atoms with Crippen LogP contribution < -0.4 is 15.4 Å². The molecule has 2 unspecified atom stereocenters. The maximum atomic E-state index is 14.1. The number of aromatic amines is 2. The molecule has 0 spiro atoms. The van der Waals surface area contributed by atoms with E-state index in [1.807, 2.05) is 36.0 Å². The molecule has 0 aliphatic carbocycles. The predicted molar refractivity (Wildman–Crippen MR) is 233 cm³/mol. The first kappa shape index (κ1) is 41.9. The minimum absolute atomic E-state index is 0.0360. The molecular weight excluding hydrogens is 805 g/mol. The molecule has 16 nitrogen and oxygen atoms in total. The van der Waals surface area contributed by atoms with Gasteiger partial charge in [0, 0.05) is 42.8 Å². The van der Waals surface area contributed by atoms with E-state index in [9.17, 15) is 19.2 Å². The zero-order chi connectivity index (χ0) is 43.8. The molecule has 4 aliphatic rings. The van der Waals surface area contributed by atoms with Crippen molar-refractivity contribution in [1.82, 2.24) is 40.4 Å². The number of methoxy groups -OCH3 is 2. The van der Waals surface area contributed by atoms with Crippen molar-refractivity contribution >= 4 is 34.8 Å². The number of hydrogen-bond donors (Lipinski definition) is 4. The topological polar surface area (TPSA) is 193 Å². The van der Waals surface area contributed by atoms with E-state index in [1.165, 1.54) is 14.2 Å². The fourth-order valence-electron chi connectivity index (χ4n) is 9.74. The molecule has 330 valence electrons. The van der Waals surface area contributed by atoms with Crippen LogP contribution in [0.1, 0.15) is 81.7 Å². The number of amides is 4. The van der Waals surface area contributed by atoms with Gasteiger partial charge in [-0.2, -0.15) is 0 Å². The molecule has 3 aromatic carbocycles. The van der Waals surface area contributed by atoms with E-state index in [0.29, 0.717) is 51.6 Å². The Labute approximate surface area is 365 Å². The first-order chi connectivity index (χ1) is 30.6. The highest BCUT2D eigenvalue weighted by Gasteiger charge is 2.41. The summed E-state index contributed by atoms with van der Waals surface area (Å²) >= 11 is 0. The number of hydrogen-bond acceptors (Lipinski definition) is 10. The van der Waals surface area contributed by atoms with Gasteiger partial charge in [-0.15, -0.1) is 0 Å². The first-order valence-electron chi connectivity index (χ1n) is 21.9. The van der Waals surface area contributed by atoms with Crippen molar-refractivity contribution in [3.63, 3.8) is 0 Å². The number of H-pyrrole nitrogens is 2. The lowest BCUT2D eigenvalue weighted by Crippen LogP contribution is -2.53. The number of alkyl carbamates (subject to hydrolysis) is 2. The van der Waals surface area contributed by atoms with E-state index < -0.39 is 24.3 Å². The molecule has 4 amide bonds. The Morgan fingerprint density at radius 2 is 1.35 bits per heavy atom.